The number of hydrogen-bond acceptors (Lipinski definition) is 4. The summed E-state index contributed by atoms with van der Waals surface area (Å²) in [6.45, 7) is 2.08. The highest BCUT2D eigenvalue weighted by Crippen LogP contribution is 2.31. The standard InChI is InChI=1S/C26H19ClN6O/c1-16-24(26(34)28-14-17-15-32(31-30-17)23-13-7-5-11-21(23)27)33-22-12-6-4-9-19(22)18-8-2-3-10-20(18)25(33)29-16/h2-13,15H,14H2,1H3,(H,28,34). The molecule has 3 heterocycles. The van der Waals surface area contributed by atoms with Gasteiger partial charge in [0.1, 0.15) is 17.0 Å². The van der Waals surface area contributed by atoms with Gasteiger partial charge in [-0.2, -0.15) is 0 Å². The van der Waals surface area contributed by atoms with Gasteiger partial charge >= 0.3 is 0 Å². The molecule has 0 fully saturated rings. The second-order valence-electron chi connectivity index (χ2n) is 8.06. The summed E-state index contributed by atoms with van der Waals surface area (Å²) >= 11 is 6.26. The van der Waals surface area contributed by atoms with Crippen LogP contribution in [0.3, 0.4) is 0 Å². The number of benzene rings is 3. The summed E-state index contributed by atoms with van der Waals surface area (Å²) in [5.41, 5.74) is 4.22. The largest absolute Gasteiger partial charge is 0.345 e. The van der Waals surface area contributed by atoms with Gasteiger partial charge in [-0.3, -0.25) is 9.20 Å². The highest BCUT2D eigenvalue weighted by atomic mass is 35.5. The van der Waals surface area contributed by atoms with E-state index < -0.39 is 0 Å². The van der Waals surface area contributed by atoms with E-state index in [1.54, 1.807) is 16.9 Å². The fourth-order valence-electron chi connectivity index (χ4n) is 4.41. The Bertz CT molecular complexity index is 1720. The number of carbonyl (C=O) groups is 1. The van der Waals surface area contributed by atoms with E-state index in [9.17, 15) is 4.79 Å². The van der Waals surface area contributed by atoms with E-state index in [1.807, 2.05) is 65.9 Å². The molecule has 0 aliphatic carbocycles. The average Bonchev–Trinajstić information content (AvgIpc) is 3.47. The molecular formula is C26H19ClN6O. The van der Waals surface area contributed by atoms with Crippen LogP contribution in [-0.4, -0.2) is 30.3 Å². The van der Waals surface area contributed by atoms with Crippen molar-refractivity contribution >= 4 is 44.8 Å². The van der Waals surface area contributed by atoms with Gasteiger partial charge in [-0.05, 0) is 30.5 Å². The van der Waals surface area contributed by atoms with Crippen molar-refractivity contribution < 1.29 is 4.79 Å². The van der Waals surface area contributed by atoms with E-state index in [2.05, 4.69) is 27.8 Å². The number of aromatic nitrogens is 5. The molecule has 34 heavy (non-hydrogen) atoms. The van der Waals surface area contributed by atoms with E-state index in [0.29, 0.717) is 22.1 Å². The summed E-state index contributed by atoms with van der Waals surface area (Å²) in [5, 5.41) is 15.1. The Kier molecular flexibility index (Phi) is 4.78. The summed E-state index contributed by atoms with van der Waals surface area (Å²) in [6, 6.07) is 23.6. The van der Waals surface area contributed by atoms with Crippen LogP contribution in [-0.2, 0) is 6.54 Å². The number of pyridine rings is 1. The third-order valence-corrected chi connectivity index (χ3v) is 6.26. The molecule has 3 aromatic heterocycles. The lowest BCUT2D eigenvalue weighted by Crippen LogP contribution is -2.25. The molecule has 1 amide bonds. The number of para-hydroxylation sites is 2. The van der Waals surface area contributed by atoms with Gasteiger partial charge in [0.25, 0.3) is 5.91 Å². The first-order valence-electron chi connectivity index (χ1n) is 10.8. The highest BCUT2D eigenvalue weighted by molar-refractivity contribution is 6.32. The number of carbonyl (C=O) groups excluding carboxylic acids is 1. The van der Waals surface area contributed by atoms with Crippen molar-refractivity contribution in [2.75, 3.05) is 0 Å². The number of aryl methyl sites for hydroxylation is 1. The van der Waals surface area contributed by atoms with E-state index in [0.717, 1.165) is 33.0 Å². The Labute approximate surface area is 199 Å². The SMILES string of the molecule is Cc1nc2c3ccccc3c3ccccc3n2c1C(=O)NCc1cn(-c2ccccc2Cl)nn1. The molecule has 166 valence electrons. The van der Waals surface area contributed by atoms with Crippen LogP contribution in [0.25, 0.3) is 33.0 Å². The summed E-state index contributed by atoms with van der Waals surface area (Å²) in [4.78, 5) is 18.2. The summed E-state index contributed by atoms with van der Waals surface area (Å²) in [7, 11) is 0. The molecule has 0 aliphatic heterocycles. The molecule has 0 bridgehead atoms. The zero-order chi connectivity index (χ0) is 23.2. The number of nitrogens with one attached hydrogen (secondary N) is 1. The van der Waals surface area contributed by atoms with Gasteiger partial charge < -0.3 is 5.32 Å². The van der Waals surface area contributed by atoms with Crippen LogP contribution in [0.4, 0.5) is 0 Å². The highest BCUT2D eigenvalue weighted by Gasteiger charge is 2.21. The number of nitrogens with zero attached hydrogens (tertiary/aromatic N) is 5. The topological polar surface area (TPSA) is 77.1 Å². The van der Waals surface area contributed by atoms with Crippen molar-refractivity contribution in [1.82, 2.24) is 29.7 Å². The first-order valence-corrected chi connectivity index (χ1v) is 11.2. The second-order valence-corrected chi connectivity index (χ2v) is 8.46. The molecule has 0 radical (unpaired) electrons. The van der Waals surface area contributed by atoms with Crippen molar-refractivity contribution in [2.24, 2.45) is 0 Å². The van der Waals surface area contributed by atoms with Gasteiger partial charge in [0.05, 0.1) is 34.7 Å². The molecule has 6 rings (SSSR count). The zero-order valence-corrected chi connectivity index (χ0v) is 19.0. The van der Waals surface area contributed by atoms with Crippen LogP contribution < -0.4 is 5.32 Å². The smallest absolute Gasteiger partial charge is 0.270 e. The Morgan fingerprint density at radius 3 is 2.47 bits per heavy atom. The Morgan fingerprint density at radius 1 is 0.941 bits per heavy atom. The van der Waals surface area contributed by atoms with Crippen molar-refractivity contribution in [3.05, 3.63) is 101 Å². The van der Waals surface area contributed by atoms with Crippen LogP contribution in [0, 0.1) is 6.92 Å². The molecule has 3 aromatic carbocycles. The molecule has 6 aromatic rings. The van der Waals surface area contributed by atoms with Crippen LogP contribution in [0.2, 0.25) is 5.02 Å². The molecule has 0 atom stereocenters. The predicted octanol–water partition coefficient (Wildman–Crippen LogP) is 5.11. The van der Waals surface area contributed by atoms with E-state index in [-0.39, 0.29) is 12.5 Å². The van der Waals surface area contributed by atoms with E-state index in [4.69, 9.17) is 16.6 Å². The van der Waals surface area contributed by atoms with Gasteiger partial charge in [-0.15, -0.1) is 5.10 Å². The lowest BCUT2D eigenvalue weighted by molar-refractivity contribution is 0.0944. The lowest BCUT2D eigenvalue weighted by atomic mass is 10.1. The van der Waals surface area contributed by atoms with Gasteiger partial charge in [0, 0.05) is 10.8 Å². The average molecular weight is 467 g/mol. The number of imidazole rings is 1. The van der Waals surface area contributed by atoms with Crippen molar-refractivity contribution in [3.63, 3.8) is 0 Å². The molecule has 0 saturated carbocycles. The summed E-state index contributed by atoms with van der Waals surface area (Å²) in [6.07, 6.45) is 1.76. The zero-order valence-electron chi connectivity index (χ0n) is 18.2. The first-order chi connectivity index (χ1) is 16.6. The van der Waals surface area contributed by atoms with Gasteiger partial charge in [-0.25, -0.2) is 9.67 Å². The lowest BCUT2D eigenvalue weighted by Gasteiger charge is -2.10. The van der Waals surface area contributed by atoms with Gasteiger partial charge in [0.2, 0.25) is 0 Å². The van der Waals surface area contributed by atoms with E-state index >= 15 is 0 Å². The maximum absolute atomic E-state index is 13.4. The predicted molar refractivity (Wildman–Crippen MR) is 132 cm³/mol. The Morgan fingerprint density at radius 2 is 1.65 bits per heavy atom. The fraction of sp³-hybridized carbons (Fsp3) is 0.0769. The molecule has 7 nitrogen and oxygen atoms in total. The van der Waals surface area contributed by atoms with Crippen molar-refractivity contribution in [2.45, 2.75) is 13.5 Å². The number of hydrogen-bond donors (Lipinski definition) is 1. The molecule has 0 saturated heterocycles. The number of rotatable bonds is 4. The first kappa shape index (κ1) is 20.4. The molecule has 8 heteroatoms. The van der Waals surface area contributed by atoms with Crippen LogP contribution in [0.1, 0.15) is 21.9 Å². The quantitative estimate of drug-likeness (QED) is 0.366. The minimum atomic E-state index is -0.224. The second kappa shape index (κ2) is 7.97. The van der Waals surface area contributed by atoms with Crippen molar-refractivity contribution in [3.8, 4) is 5.69 Å². The third-order valence-electron chi connectivity index (χ3n) is 5.94. The van der Waals surface area contributed by atoms with Gasteiger partial charge in [-0.1, -0.05) is 71.4 Å². The Hall–Kier alpha value is -4.23. The monoisotopic (exact) mass is 466 g/mol. The maximum Gasteiger partial charge on any atom is 0.270 e. The maximum atomic E-state index is 13.4. The minimum absolute atomic E-state index is 0.224. The fourth-order valence-corrected chi connectivity index (χ4v) is 4.63. The molecule has 1 N–H and O–H groups in total. The number of amides is 1. The van der Waals surface area contributed by atoms with Gasteiger partial charge in [0.15, 0.2) is 0 Å². The van der Waals surface area contributed by atoms with Crippen LogP contribution in [0.15, 0.2) is 79.0 Å². The minimum Gasteiger partial charge on any atom is -0.345 e. The van der Waals surface area contributed by atoms with Crippen molar-refractivity contribution in [1.29, 1.82) is 0 Å². The third kappa shape index (κ3) is 3.21. The molecule has 0 spiro atoms. The Balaban J connectivity index is 1.38. The summed E-state index contributed by atoms with van der Waals surface area (Å²) < 4.78 is 3.55. The molecule has 0 aliphatic rings. The van der Waals surface area contributed by atoms with Crippen LogP contribution in [0.5, 0.6) is 0 Å². The number of halogens is 1. The number of fused-ring (bicyclic) bond motifs is 6. The molecular weight excluding hydrogens is 448 g/mol. The molecule has 0 unspecified atom stereocenters. The van der Waals surface area contributed by atoms with Crippen LogP contribution >= 0.6 is 11.6 Å². The van der Waals surface area contributed by atoms with E-state index in [1.165, 1.54) is 0 Å². The normalized spacial score (nSPS) is 11.5. The summed E-state index contributed by atoms with van der Waals surface area (Å²) in [5.74, 6) is -0.224.